The summed E-state index contributed by atoms with van der Waals surface area (Å²) in [6.07, 6.45) is 0.00253. The number of hydrogen-bond acceptors (Lipinski definition) is 6. The highest BCUT2D eigenvalue weighted by Gasteiger charge is 2.37. The molecule has 1 saturated heterocycles. The standard InChI is InChI=1S/C27H28F4N6O/c1-5-33-22-17(3)21(18-9-13-36(14-10-18)23-16(2)7-6-8-19(23)28)26(38)37(25(22)32-4)15-20-24(27(29,30)31)35-12-11-34-20/h5-8,11-12,18H,4,9-10,13-15H2,1-3H3. The summed E-state index contributed by atoms with van der Waals surface area (Å²) in [5.41, 5.74) is 0.748. The van der Waals surface area contributed by atoms with Crippen LogP contribution >= 0.6 is 0 Å². The second kappa shape index (κ2) is 10.8. The van der Waals surface area contributed by atoms with E-state index in [1.807, 2.05) is 17.9 Å². The summed E-state index contributed by atoms with van der Waals surface area (Å²) in [6.45, 7) is 9.39. The minimum atomic E-state index is -4.75. The van der Waals surface area contributed by atoms with Crippen molar-refractivity contribution in [2.45, 2.75) is 52.3 Å². The lowest BCUT2D eigenvalue weighted by Crippen LogP contribution is -2.37. The number of aryl methyl sites for hydroxylation is 1. The van der Waals surface area contributed by atoms with Gasteiger partial charge in [-0.05, 0) is 63.4 Å². The third-order valence-corrected chi connectivity index (χ3v) is 6.87. The van der Waals surface area contributed by atoms with E-state index in [0.717, 1.165) is 22.5 Å². The van der Waals surface area contributed by atoms with Gasteiger partial charge >= 0.3 is 6.18 Å². The van der Waals surface area contributed by atoms with Crippen molar-refractivity contribution in [3.8, 4) is 0 Å². The van der Waals surface area contributed by atoms with Gasteiger partial charge in [-0.15, -0.1) is 0 Å². The molecule has 1 aromatic carbocycles. The number of alkyl halides is 3. The lowest BCUT2D eigenvalue weighted by atomic mass is 9.86. The molecule has 0 spiro atoms. The first-order valence-electron chi connectivity index (χ1n) is 12.2. The third kappa shape index (κ3) is 5.09. The number of aliphatic imine (C=N–C) groups is 2. The lowest BCUT2D eigenvalue weighted by Gasteiger charge is -2.35. The van der Waals surface area contributed by atoms with Crippen LogP contribution in [0.25, 0.3) is 0 Å². The van der Waals surface area contributed by atoms with Gasteiger partial charge in [0.25, 0.3) is 5.56 Å². The van der Waals surface area contributed by atoms with E-state index in [1.54, 1.807) is 19.9 Å². The van der Waals surface area contributed by atoms with E-state index in [4.69, 9.17) is 0 Å². The van der Waals surface area contributed by atoms with Crippen LogP contribution in [-0.2, 0) is 12.7 Å². The first-order valence-corrected chi connectivity index (χ1v) is 12.2. The quantitative estimate of drug-likeness (QED) is 0.295. The van der Waals surface area contributed by atoms with Crippen molar-refractivity contribution in [2.24, 2.45) is 9.98 Å². The van der Waals surface area contributed by atoms with Gasteiger partial charge in [0, 0.05) is 37.3 Å². The summed E-state index contributed by atoms with van der Waals surface area (Å²) in [7, 11) is 0. The molecular weight excluding hydrogens is 500 g/mol. The first kappa shape index (κ1) is 27.2. The highest BCUT2D eigenvalue weighted by atomic mass is 19.4. The number of nitrogens with zero attached hydrogens (tertiary/aromatic N) is 6. The summed E-state index contributed by atoms with van der Waals surface area (Å²) in [5, 5.41) is 0. The van der Waals surface area contributed by atoms with Gasteiger partial charge < -0.3 is 4.90 Å². The Balaban J connectivity index is 1.78. The topological polar surface area (TPSA) is 75.7 Å². The molecule has 0 radical (unpaired) electrons. The fourth-order valence-corrected chi connectivity index (χ4v) is 5.18. The molecule has 38 heavy (non-hydrogen) atoms. The van der Waals surface area contributed by atoms with E-state index in [-0.39, 0.29) is 17.6 Å². The van der Waals surface area contributed by atoms with Crippen molar-refractivity contribution in [1.29, 1.82) is 0 Å². The van der Waals surface area contributed by atoms with Gasteiger partial charge in [0.2, 0.25) is 0 Å². The number of piperidine rings is 1. The summed E-state index contributed by atoms with van der Waals surface area (Å²) in [4.78, 5) is 31.5. The Morgan fingerprint density at radius 2 is 1.84 bits per heavy atom. The Kier molecular flexibility index (Phi) is 7.75. The molecule has 4 rings (SSSR count). The average molecular weight is 529 g/mol. The normalized spacial score (nSPS) is 14.9. The van der Waals surface area contributed by atoms with Gasteiger partial charge in [0.15, 0.2) is 11.5 Å². The molecule has 2 aromatic heterocycles. The highest BCUT2D eigenvalue weighted by Crippen LogP contribution is 2.39. The number of aromatic nitrogens is 3. The van der Waals surface area contributed by atoms with Gasteiger partial charge in [0.05, 0.1) is 17.9 Å². The number of rotatable bonds is 6. The molecule has 1 aliphatic rings. The zero-order valence-corrected chi connectivity index (χ0v) is 21.4. The van der Waals surface area contributed by atoms with Crippen molar-refractivity contribution in [3.05, 3.63) is 74.8 Å². The molecule has 0 saturated carbocycles. The van der Waals surface area contributed by atoms with Gasteiger partial charge in [-0.2, -0.15) is 13.2 Å². The maximum Gasteiger partial charge on any atom is 0.435 e. The maximum atomic E-state index is 14.6. The molecule has 11 heteroatoms. The van der Waals surface area contributed by atoms with Crippen LogP contribution in [0.2, 0.25) is 0 Å². The summed E-state index contributed by atoms with van der Waals surface area (Å²) >= 11 is 0. The molecule has 1 aliphatic heterocycles. The van der Waals surface area contributed by atoms with E-state index in [1.165, 1.54) is 12.3 Å². The van der Waals surface area contributed by atoms with Crippen molar-refractivity contribution in [3.63, 3.8) is 0 Å². The predicted molar refractivity (Wildman–Crippen MR) is 140 cm³/mol. The van der Waals surface area contributed by atoms with Crippen LogP contribution in [0.15, 0.2) is 45.4 Å². The molecule has 0 bridgehead atoms. The molecular formula is C27H28F4N6O. The number of halogens is 4. The molecule has 0 atom stereocenters. The maximum absolute atomic E-state index is 14.6. The Hall–Kier alpha value is -3.89. The number of para-hydroxylation sites is 1. The summed E-state index contributed by atoms with van der Waals surface area (Å²) in [5.74, 6) is -0.439. The van der Waals surface area contributed by atoms with E-state index < -0.39 is 29.7 Å². The van der Waals surface area contributed by atoms with Crippen molar-refractivity contribution in [2.75, 3.05) is 18.0 Å². The van der Waals surface area contributed by atoms with Crippen LogP contribution in [-0.4, -0.2) is 40.6 Å². The van der Waals surface area contributed by atoms with Gasteiger partial charge in [-0.25, -0.2) is 14.4 Å². The zero-order chi connectivity index (χ0) is 27.6. The fourth-order valence-electron chi connectivity index (χ4n) is 5.18. The van der Waals surface area contributed by atoms with Crippen molar-refractivity contribution in [1.82, 2.24) is 14.5 Å². The van der Waals surface area contributed by atoms with Crippen molar-refractivity contribution < 1.29 is 17.6 Å². The Morgan fingerprint density at radius 3 is 2.45 bits per heavy atom. The summed E-state index contributed by atoms with van der Waals surface area (Å²) < 4.78 is 56.6. The van der Waals surface area contributed by atoms with Crippen LogP contribution < -0.4 is 10.5 Å². The molecule has 0 amide bonds. The van der Waals surface area contributed by atoms with Crippen LogP contribution in [0.1, 0.15) is 53.8 Å². The van der Waals surface area contributed by atoms with Crippen LogP contribution in [0.5, 0.6) is 0 Å². The van der Waals surface area contributed by atoms with E-state index in [9.17, 15) is 22.4 Å². The predicted octanol–water partition coefficient (Wildman–Crippen LogP) is 5.90. The molecule has 0 aliphatic carbocycles. The Bertz CT molecular complexity index is 1420. The SMILES string of the molecule is C=Nc1c(N=CC)c(C)c(C2CCN(c3c(C)cccc3F)CC2)c(=O)n1Cc1nccnc1C(F)(F)F. The number of benzene rings is 1. The smallest absolute Gasteiger partial charge is 0.369 e. The average Bonchev–Trinajstić information content (AvgIpc) is 2.87. The van der Waals surface area contributed by atoms with Crippen molar-refractivity contribution >= 4 is 30.1 Å². The van der Waals surface area contributed by atoms with Gasteiger partial charge in [0.1, 0.15) is 11.5 Å². The van der Waals surface area contributed by atoms with E-state index in [0.29, 0.717) is 48.4 Å². The largest absolute Gasteiger partial charge is 0.435 e. The third-order valence-electron chi connectivity index (χ3n) is 6.87. The first-order chi connectivity index (χ1) is 18.1. The molecule has 0 N–H and O–H groups in total. The second-order valence-electron chi connectivity index (χ2n) is 9.16. The van der Waals surface area contributed by atoms with Crippen LogP contribution in [0, 0.1) is 19.7 Å². The molecule has 3 aromatic rings. The van der Waals surface area contributed by atoms with E-state index in [2.05, 4.69) is 26.7 Å². The van der Waals surface area contributed by atoms with E-state index >= 15 is 0 Å². The molecule has 1 fully saturated rings. The number of hydrogen-bond donors (Lipinski definition) is 0. The van der Waals surface area contributed by atoms with Gasteiger partial charge in [-0.3, -0.25) is 19.3 Å². The van der Waals surface area contributed by atoms with Gasteiger partial charge in [-0.1, -0.05) is 12.1 Å². The van der Waals surface area contributed by atoms with Crippen LogP contribution in [0.4, 0.5) is 34.8 Å². The second-order valence-corrected chi connectivity index (χ2v) is 9.16. The highest BCUT2D eigenvalue weighted by molar-refractivity contribution is 5.72. The minimum Gasteiger partial charge on any atom is -0.369 e. The Labute approximate surface area is 217 Å². The summed E-state index contributed by atoms with van der Waals surface area (Å²) in [6, 6.07) is 4.94. The minimum absolute atomic E-state index is 0.0625. The fraction of sp³-hybridized carbons (Fsp3) is 0.370. The number of anilines is 1. The molecule has 7 nitrogen and oxygen atoms in total. The molecule has 3 heterocycles. The van der Waals surface area contributed by atoms with Crippen LogP contribution in [0.3, 0.4) is 0 Å². The molecule has 200 valence electrons. The molecule has 0 unspecified atom stereocenters. The lowest BCUT2D eigenvalue weighted by molar-refractivity contribution is -0.142. The zero-order valence-electron chi connectivity index (χ0n) is 21.4. The Morgan fingerprint density at radius 1 is 1.16 bits per heavy atom. The number of pyridine rings is 1. The monoisotopic (exact) mass is 528 g/mol.